The number of carboxylic acids is 1. The number of benzene rings is 1. The van der Waals surface area contributed by atoms with Crippen molar-refractivity contribution < 1.29 is 27.1 Å². The van der Waals surface area contributed by atoms with E-state index in [2.05, 4.69) is 0 Å². The molecule has 8 heteroatoms. The van der Waals surface area contributed by atoms with E-state index in [1.54, 1.807) is 6.92 Å². The number of aliphatic carboxylic acids is 1. The number of carbonyl (C=O) groups is 1. The summed E-state index contributed by atoms with van der Waals surface area (Å²) in [6, 6.07) is 0.564. The van der Waals surface area contributed by atoms with Gasteiger partial charge in [-0.05, 0) is 24.6 Å². The molecule has 0 aliphatic rings. The molecule has 0 aliphatic carbocycles. The average Bonchev–Trinajstić information content (AvgIpc) is 2.31. The molecule has 0 spiro atoms. The molecule has 5 nitrogen and oxygen atoms in total. The first kappa shape index (κ1) is 15.5. The van der Waals surface area contributed by atoms with Crippen molar-refractivity contribution in [2.45, 2.75) is 30.7 Å². The van der Waals surface area contributed by atoms with Gasteiger partial charge in [-0.15, -0.1) is 0 Å². The van der Waals surface area contributed by atoms with E-state index < -0.39 is 38.6 Å². The summed E-state index contributed by atoms with van der Waals surface area (Å²) in [6.07, 6.45) is 0.469. The molecule has 0 saturated carbocycles. The molecular weight excluding hydrogens is 280 g/mol. The summed E-state index contributed by atoms with van der Waals surface area (Å²) in [5.41, 5.74) is 0. The third-order valence-electron chi connectivity index (χ3n) is 2.36. The summed E-state index contributed by atoms with van der Waals surface area (Å²) in [5.74, 6) is -3.44. The van der Waals surface area contributed by atoms with Gasteiger partial charge in [-0.2, -0.15) is 4.72 Å². The summed E-state index contributed by atoms with van der Waals surface area (Å²) in [7, 11) is -4.43. The fraction of sp³-hybridized carbons (Fsp3) is 0.364. The van der Waals surface area contributed by atoms with Crippen LogP contribution in [0.25, 0.3) is 0 Å². The molecule has 0 bridgehead atoms. The largest absolute Gasteiger partial charge is 0.480 e. The van der Waals surface area contributed by atoms with Crippen molar-refractivity contribution in [3.8, 4) is 0 Å². The van der Waals surface area contributed by atoms with Crippen LogP contribution in [-0.4, -0.2) is 25.5 Å². The van der Waals surface area contributed by atoms with E-state index in [-0.39, 0.29) is 6.42 Å². The van der Waals surface area contributed by atoms with Crippen LogP contribution in [0.5, 0.6) is 0 Å². The summed E-state index contributed by atoms with van der Waals surface area (Å²) >= 11 is 0. The van der Waals surface area contributed by atoms with Gasteiger partial charge in [0.15, 0.2) is 0 Å². The second-order valence-electron chi connectivity index (χ2n) is 3.88. The molecule has 1 aromatic carbocycles. The van der Waals surface area contributed by atoms with Crippen molar-refractivity contribution in [1.29, 1.82) is 0 Å². The first-order valence-corrected chi connectivity index (χ1v) is 6.96. The molecule has 0 radical (unpaired) electrons. The van der Waals surface area contributed by atoms with Crippen LogP contribution in [0.2, 0.25) is 0 Å². The second-order valence-corrected chi connectivity index (χ2v) is 5.56. The highest BCUT2D eigenvalue weighted by Crippen LogP contribution is 2.16. The van der Waals surface area contributed by atoms with Crippen LogP contribution in [0.15, 0.2) is 23.1 Å². The standard InChI is InChI=1S/C11H13F2NO4S/c1-2-3-9(11(15)16)14-19(17,18)10-6-7(12)4-5-8(10)13/h4-6,9,14H,2-3H2,1H3,(H,15,16)/t9-/m1/s1. The Morgan fingerprint density at radius 1 is 1.42 bits per heavy atom. The Morgan fingerprint density at radius 3 is 2.58 bits per heavy atom. The van der Waals surface area contributed by atoms with Crippen molar-refractivity contribution in [1.82, 2.24) is 4.72 Å². The van der Waals surface area contributed by atoms with E-state index in [1.807, 2.05) is 4.72 Å². The SMILES string of the molecule is CCC[C@@H](NS(=O)(=O)c1cc(F)ccc1F)C(=O)O. The van der Waals surface area contributed by atoms with Gasteiger partial charge in [0.05, 0.1) is 0 Å². The minimum Gasteiger partial charge on any atom is -0.480 e. The van der Waals surface area contributed by atoms with Crippen LogP contribution in [0.1, 0.15) is 19.8 Å². The number of sulfonamides is 1. The van der Waals surface area contributed by atoms with Gasteiger partial charge in [0.2, 0.25) is 10.0 Å². The molecule has 106 valence electrons. The van der Waals surface area contributed by atoms with Crippen molar-refractivity contribution in [3.63, 3.8) is 0 Å². The fourth-order valence-corrected chi connectivity index (χ4v) is 2.77. The first-order chi connectivity index (χ1) is 8.77. The van der Waals surface area contributed by atoms with Crippen LogP contribution < -0.4 is 4.72 Å². The monoisotopic (exact) mass is 293 g/mol. The number of rotatable bonds is 6. The lowest BCUT2D eigenvalue weighted by molar-refractivity contribution is -0.139. The maximum Gasteiger partial charge on any atom is 0.321 e. The lowest BCUT2D eigenvalue weighted by atomic mass is 10.2. The predicted molar refractivity (Wildman–Crippen MR) is 63.0 cm³/mol. The molecular formula is C11H13F2NO4S. The van der Waals surface area contributed by atoms with Gasteiger partial charge in [-0.1, -0.05) is 13.3 Å². The quantitative estimate of drug-likeness (QED) is 0.832. The number of hydrogen-bond acceptors (Lipinski definition) is 3. The minimum atomic E-state index is -4.43. The van der Waals surface area contributed by atoms with Gasteiger partial charge >= 0.3 is 5.97 Å². The van der Waals surface area contributed by atoms with Crippen molar-refractivity contribution in [2.75, 3.05) is 0 Å². The third kappa shape index (κ3) is 3.97. The fourth-order valence-electron chi connectivity index (χ4n) is 1.46. The molecule has 1 atom stereocenters. The third-order valence-corrected chi connectivity index (χ3v) is 3.84. The molecule has 0 unspecified atom stereocenters. The lowest BCUT2D eigenvalue weighted by Gasteiger charge is -2.14. The van der Waals surface area contributed by atoms with Crippen LogP contribution in [0.4, 0.5) is 8.78 Å². The Kier molecular flexibility index (Phi) is 4.96. The van der Waals surface area contributed by atoms with E-state index >= 15 is 0 Å². The Balaban J connectivity index is 3.10. The van der Waals surface area contributed by atoms with E-state index in [9.17, 15) is 22.0 Å². The number of hydrogen-bond donors (Lipinski definition) is 2. The van der Waals surface area contributed by atoms with Crippen LogP contribution >= 0.6 is 0 Å². The van der Waals surface area contributed by atoms with E-state index in [0.29, 0.717) is 18.6 Å². The molecule has 19 heavy (non-hydrogen) atoms. The average molecular weight is 293 g/mol. The van der Waals surface area contributed by atoms with E-state index in [1.165, 1.54) is 0 Å². The molecule has 0 aliphatic heterocycles. The molecule has 0 amide bonds. The van der Waals surface area contributed by atoms with Gasteiger partial charge in [0.25, 0.3) is 0 Å². The van der Waals surface area contributed by atoms with Gasteiger partial charge in [0, 0.05) is 0 Å². The van der Waals surface area contributed by atoms with Crippen molar-refractivity contribution in [2.24, 2.45) is 0 Å². The van der Waals surface area contributed by atoms with E-state index in [0.717, 1.165) is 6.07 Å². The normalized spacial score (nSPS) is 13.2. The lowest BCUT2D eigenvalue weighted by Crippen LogP contribution is -2.40. The van der Waals surface area contributed by atoms with Crippen molar-refractivity contribution >= 4 is 16.0 Å². The topological polar surface area (TPSA) is 83.5 Å². The second kappa shape index (κ2) is 6.07. The molecule has 0 saturated heterocycles. The van der Waals surface area contributed by atoms with Gasteiger partial charge in [0.1, 0.15) is 22.6 Å². The number of carboxylic acid groups (broad SMARTS) is 1. The van der Waals surface area contributed by atoms with Crippen LogP contribution in [0.3, 0.4) is 0 Å². The highest BCUT2D eigenvalue weighted by molar-refractivity contribution is 7.89. The first-order valence-electron chi connectivity index (χ1n) is 5.48. The van der Waals surface area contributed by atoms with Gasteiger partial charge in [-0.3, -0.25) is 4.79 Å². The van der Waals surface area contributed by atoms with Gasteiger partial charge < -0.3 is 5.11 Å². The zero-order valence-electron chi connectivity index (χ0n) is 10.1. The summed E-state index contributed by atoms with van der Waals surface area (Å²) in [4.78, 5) is 9.95. The number of nitrogens with one attached hydrogen (secondary N) is 1. The maximum absolute atomic E-state index is 13.4. The summed E-state index contributed by atoms with van der Waals surface area (Å²) in [5, 5.41) is 8.84. The Hall–Kier alpha value is -1.54. The molecule has 0 fully saturated rings. The number of halogens is 2. The maximum atomic E-state index is 13.4. The summed E-state index contributed by atoms with van der Waals surface area (Å²) < 4.78 is 51.8. The molecule has 1 rings (SSSR count). The molecule has 0 heterocycles. The van der Waals surface area contributed by atoms with Crippen molar-refractivity contribution in [3.05, 3.63) is 29.8 Å². The van der Waals surface area contributed by atoms with Crippen LogP contribution in [-0.2, 0) is 14.8 Å². The predicted octanol–water partition coefficient (Wildman–Crippen LogP) is 1.50. The van der Waals surface area contributed by atoms with E-state index in [4.69, 9.17) is 5.11 Å². The Labute approximate surface area is 109 Å². The smallest absolute Gasteiger partial charge is 0.321 e. The zero-order valence-corrected chi connectivity index (χ0v) is 10.9. The zero-order chi connectivity index (χ0) is 14.6. The highest BCUT2D eigenvalue weighted by Gasteiger charge is 2.27. The van der Waals surface area contributed by atoms with Gasteiger partial charge in [-0.25, -0.2) is 17.2 Å². The minimum absolute atomic E-state index is 0.0471. The molecule has 0 aromatic heterocycles. The summed E-state index contributed by atoms with van der Waals surface area (Å²) in [6.45, 7) is 1.67. The Morgan fingerprint density at radius 2 is 2.05 bits per heavy atom. The highest BCUT2D eigenvalue weighted by atomic mass is 32.2. The Bertz CT molecular complexity index is 574. The van der Waals surface area contributed by atoms with Crippen LogP contribution in [0, 0.1) is 11.6 Å². The molecule has 1 aromatic rings. The molecule has 2 N–H and O–H groups in total.